The predicted octanol–water partition coefficient (Wildman–Crippen LogP) is 13.3. The second kappa shape index (κ2) is 11.9. The predicted molar refractivity (Wildman–Crippen MR) is 230 cm³/mol. The van der Waals surface area contributed by atoms with E-state index in [0.29, 0.717) is 17.5 Å². The van der Waals surface area contributed by atoms with E-state index < -0.39 is 0 Å². The van der Waals surface area contributed by atoms with E-state index in [-0.39, 0.29) is 0 Å². The number of nitrogens with zero attached hydrogens (tertiary/aromatic N) is 4. The first-order valence-corrected chi connectivity index (χ1v) is 18.9. The number of rotatable bonds is 4. The molecule has 0 bridgehead atoms. The van der Waals surface area contributed by atoms with Gasteiger partial charge in [-0.1, -0.05) is 146 Å². The van der Waals surface area contributed by atoms with Crippen LogP contribution in [0.3, 0.4) is 0 Å². The Labute approximate surface area is 320 Å². The molecule has 5 nitrogen and oxygen atoms in total. The lowest BCUT2D eigenvalue weighted by Crippen LogP contribution is -2.01. The Balaban J connectivity index is 1.23. The first kappa shape index (κ1) is 30.8. The molecule has 3 aromatic heterocycles. The van der Waals surface area contributed by atoms with Crippen LogP contribution in [0.1, 0.15) is 0 Å². The summed E-state index contributed by atoms with van der Waals surface area (Å²) in [6, 6.07) is 63.8. The van der Waals surface area contributed by atoms with Crippen LogP contribution in [-0.4, -0.2) is 19.5 Å². The normalized spacial score (nSPS) is 11.9. The fourth-order valence-corrected chi connectivity index (χ4v) is 8.65. The summed E-state index contributed by atoms with van der Waals surface area (Å²) >= 11 is 0. The molecule has 0 saturated heterocycles. The quantitative estimate of drug-likeness (QED) is 0.182. The summed E-state index contributed by atoms with van der Waals surface area (Å²) in [4.78, 5) is 15.3. The van der Waals surface area contributed by atoms with E-state index in [1.165, 1.54) is 32.3 Å². The molecule has 0 aliphatic carbocycles. The van der Waals surface area contributed by atoms with Crippen molar-refractivity contribution in [3.8, 4) is 39.9 Å². The van der Waals surface area contributed by atoms with Crippen molar-refractivity contribution in [2.45, 2.75) is 0 Å². The third-order valence-electron chi connectivity index (χ3n) is 11.2. The van der Waals surface area contributed by atoms with Gasteiger partial charge in [0.1, 0.15) is 11.2 Å². The molecule has 0 atom stereocenters. The Bertz CT molecular complexity index is 3380. The molecule has 12 rings (SSSR count). The molecule has 0 aliphatic rings. The minimum atomic E-state index is 0.553. The highest BCUT2D eigenvalue weighted by Crippen LogP contribution is 2.45. The van der Waals surface area contributed by atoms with Gasteiger partial charge in [-0.2, -0.15) is 0 Å². The van der Waals surface area contributed by atoms with Crippen molar-refractivity contribution < 1.29 is 4.42 Å². The average molecular weight is 715 g/mol. The van der Waals surface area contributed by atoms with Gasteiger partial charge in [0.2, 0.25) is 0 Å². The molecule has 0 amide bonds. The first-order valence-electron chi connectivity index (χ1n) is 18.9. The molecule has 260 valence electrons. The molecular formula is C51H30N4O. The van der Waals surface area contributed by atoms with Crippen LogP contribution in [0.25, 0.3) is 116 Å². The lowest BCUT2D eigenvalue weighted by Gasteiger charge is -2.13. The van der Waals surface area contributed by atoms with Gasteiger partial charge in [-0.3, -0.25) is 0 Å². The van der Waals surface area contributed by atoms with Crippen molar-refractivity contribution in [3.05, 3.63) is 182 Å². The van der Waals surface area contributed by atoms with Crippen LogP contribution in [0, 0.1) is 0 Å². The van der Waals surface area contributed by atoms with Crippen molar-refractivity contribution in [3.63, 3.8) is 0 Å². The van der Waals surface area contributed by atoms with Crippen molar-refractivity contribution in [2.24, 2.45) is 0 Å². The monoisotopic (exact) mass is 714 g/mol. The molecule has 0 fully saturated rings. The van der Waals surface area contributed by atoms with Gasteiger partial charge in [0.15, 0.2) is 17.5 Å². The van der Waals surface area contributed by atoms with E-state index in [9.17, 15) is 0 Å². The topological polar surface area (TPSA) is 56.7 Å². The molecule has 0 saturated carbocycles. The zero-order valence-electron chi connectivity index (χ0n) is 30.0. The van der Waals surface area contributed by atoms with E-state index in [2.05, 4.69) is 126 Å². The fraction of sp³-hybridized carbons (Fsp3) is 0. The maximum Gasteiger partial charge on any atom is 0.167 e. The SMILES string of the molecule is c1ccc(-c2nc(-c3ccccc3)nc(-c3ccc(-n4c5ccc6ccccc6c5c5c6ccccc6ccc54)c4c3oc3cc5ccccc5cc34)n2)cc1. The van der Waals surface area contributed by atoms with Crippen LogP contribution < -0.4 is 0 Å². The molecule has 56 heavy (non-hydrogen) atoms. The molecule has 12 aromatic rings. The standard InChI is InChI=1S/C51H30N4O/c1-3-15-33(16-4-1)49-52-50(34-17-5-2-6-18-34)54-51(53-49)39-25-28-43(47-40-29-35-19-7-8-20-36(35)30-44(40)56-48(39)47)55-41-26-23-31-13-9-11-21-37(31)45(41)46-38-22-12-10-14-32(38)24-27-42(46)55/h1-30H. The number of aromatic nitrogens is 4. The summed E-state index contributed by atoms with van der Waals surface area (Å²) in [6.07, 6.45) is 0. The summed E-state index contributed by atoms with van der Waals surface area (Å²) < 4.78 is 9.46. The van der Waals surface area contributed by atoms with Gasteiger partial charge in [-0.15, -0.1) is 0 Å². The summed E-state index contributed by atoms with van der Waals surface area (Å²) in [5.41, 5.74) is 7.48. The van der Waals surface area contributed by atoms with Crippen molar-refractivity contribution in [1.29, 1.82) is 0 Å². The van der Waals surface area contributed by atoms with E-state index in [1.54, 1.807) is 0 Å². The summed E-state index contributed by atoms with van der Waals surface area (Å²) in [5.74, 6) is 1.77. The van der Waals surface area contributed by atoms with E-state index in [0.717, 1.165) is 66.1 Å². The first-order chi connectivity index (χ1) is 27.8. The Kier molecular flexibility index (Phi) is 6.56. The number of benzene rings is 9. The summed E-state index contributed by atoms with van der Waals surface area (Å²) in [5, 5.41) is 11.7. The number of hydrogen-bond acceptors (Lipinski definition) is 4. The molecule has 0 spiro atoms. The van der Waals surface area contributed by atoms with Crippen molar-refractivity contribution >= 4 is 76.1 Å². The zero-order chi connectivity index (χ0) is 36.7. The average Bonchev–Trinajstić information content (AvgIpc) is 3.82. The van der Waals surface area contributed by atoms with Gasteiger partial charge >= 0.3 is 0 Å². The van der Waals surface area contributed by atoms with Crippen LogP contribution >= 0.6 is 0 Å². The zero-order valence-corrected chi connectivity index (χ0v) is 30.0. The second-order valence-corrected chi connectivity index (χ2v) is 14.4. The molecule has 5 heteroatoms. The molecular weight excluding hydrogens is 685 g/mol. The number of fused-ring (bicyclic) bond motifs is 11. The molecule has 0 N–H and O–H groups in total. The number of furan rings is 1. The van der Waals surface area contributed by atoms with Gasteiger partial charge in [-0.05, 0) is 68.7 Å². The van der Waals surface area contributed by atoms with Gasteiger partial charge in [0.25, 0.3) is 0 Å². The van der Waals surface area contributed by atoms with Crippen molar-refractivity contribution in [2.75, 3.05) is 0 Å². The largest absolute Gasteiger partial charge is 0.455 e. The summed E-state index contributed by atoms with van der Waals surface area (Å²) in [6.45, 7) is 0. The fourth-order valence-electron chi connectivity index (χ4n) is 8.65. The number of hydrogen-bond donors (Lipinski definition) is 0. The second-order valence-electron chi connectivity index (χ2n) is 14.4. The minimum Gasteiger partial charge on any atom is -0.455 e. The highest BCUT2D eigenvalue weighted by Gasteiger charge is 2.24. The highest BCUT2D eigenvalue weighted by atomic mass is 16.3. The van der Waals surface area contributed by atoms with E-state index in [1.807, 2.05) is 60.7 Å². The van der Waals surface area contributed by atoms with Crippen LogP contribution in [0.5, 0.6) is 0 Å². The Morgan fingerprint density at radius 3 is 1.46 bits per heavy atom. The maximum absolute atomic E-state index is 7.03. The minimum absolute atomic E-state index is 0.553. The lowest BCUT2D eigenvalue weighted by atomic mass is 10.00. The molecule has 0 unspecified atom stereocenters. The van der Waals surface area contributed by atoms with Crippen LogP contribution in [0.4, 0.5) is 0 Å². The third-order valence-corrected chi connectivity index (χ3v) is 11.2. The Hall–Kier alpha value is -7.63. The van der Waals surface area contributed by atoms with Gasteiger partial charge in [0.05, 0.1) is 27.7 Å². The van der Waals surface area contributed by atoms with Crippen molar-refractivity contribution in [1.82, 2.24) is 19.5 Å². The van der Waals surface area contributed by atoms with Crippen LogP contribution in [-0.2, 0) is 0 Å². The van der Waals surface area contributed by atoms with E-state index >= 15 is 0 Å². The van der Waals surface area contributed by atoms with Crippen LogP contribution in [0.2, 0.25) is 0 Å². The third kappa shape index (κ3) is 4.58. The van der Waals surface area contributed by atoms with Crippen LogP contribution in [0.15, 0.2) is 186 Å². The van der Waals surface area contributed by atoms with Gasteiger partial charge < -0.3 is 8.98 Å². The molecule has 3 heterocycles. The smallest absolute Gasteiger partial charge is 0.167 e. The summed E-state index contributed by atoms with van der Waals surface area (Å²) in [7, 11) is 0. The maximum atomic E-state index is 7.03. The highest BCUT2D eigenvalue weighted by molar-refractivity contribution is 6.29. The molecule has 0 aliphatic heterocycles. The molecule has 0 radical (unpaired) electrons. The lowest BCUT2D eigenvalue weighted by molar-refractivity contribution is 0.670. The van der Waals surface area contributed by atoms with E-state index in [4.69, 9.17) is 19.4 Å². The molecule has 9 aromatic carbocycles. The Morgan fingerprint density at radius 2 is 0.875 bits per heavy atom. The Morgan fingerprint density at radius 1 is 0.375 bits per heavy atom. The van der Waals surface area contributed by atoms with Gasteiger partial charge in [-0.25, -0.2) is 15.0 Å². The van der Waals surface area contributed by atoms with Gasteiger partial charge in [0, 0.05) is 27.3 Å².